The number of benzene rings is 2. The second-order valence-electron chi connectivity index (χ2n) is 3.66. The van der Waals surface area contributed by atoms with Gasteiger partial charge in [0.1, 0.15) is 12.4 Å². The SMILES string of the molecule is Fc1cccc(CON=Cc2ccccc2Cl)c1. The van der Waals surface area contributed by atoms with Crippen molar-refractivity contribution in [3.8, 4) is 0 Å². The van der Waals surface area contributed by atoms with Crippen molar-refractivity contribution in [1.82, 2.24) is 0 Å². The summed E-state index contributed by atoms with van der Waals surface area (Å²) in [6.07, 6.45) is 1.53. The fourth-order valence-corrected chi connectivity index (χ4v) is 1.60. The van der Waals surface area contributed by atoms with E-state index in [9.17, 15) is 4.39 Å². The van der Waals surface area contributed by atoms with Crippen LogP contribution in [0.5, 0.6) is 0 Å². The van der Waals surface area contributed by atoms with Crippen LogP contribution in [0.25, 0.3) is 0 Å². The zero-order valence-electron chi connectivity index (χ0n) is 9.51. The molecule has 0 aliphatic heterocycles. The molecule has 0 spiro atoms. The Labute approximate surface area is 110 Å². The molecule has 0 aromatic heterocycles. The minimum absolute atomic E-state index is 0.221. The van der Waals surface area contributed by atoms with E-state index < -0.39 is 0 Å². The summed E-state index contributed by atoms with van der Waals surface area (Å²) < 4.78 is 12.9. The Morgan fingerprint density at radius 2 is 2.00 bits per heavy atom. The standard InChI is InChI=1S/C14H11ClFNO/c15-14-7-2-1-5-12(14)9-17-18-10-11-4-3-6-13(16)8-11/h1-9H,10H2. The van der Waals surface area contributed by atoms with Gasteiger partial charge in [0, 0.05) is 10.6 Å². The van der Waals surface area contributed by atoms with Crippen LogP contribution in [0.2, 0.25) is 5.02 Å². The predicted molar refractivity (Wildman–Crippen MR) is 70.2 cm³/mol. The Kier molecular flexibility index (Phi) is 4.31. The third-order valence-electron chi connectivity index (χ3n) is 2.29. The van der Waals surface area contributed by atoms with Gasteiger partial charge in [0.25, 0.3) is 0 Å². The fraction of sp³-hybridized carbons (Fsp3) is 0.0714. The van der Waals surface area contributed by atoms with E-state index in [2.05, 4.69) is 5.16 Å². The molecular formula is C14H11ClFNO. The molecule has 0 unspecified atom stereocenters. The second-order valence-corrected chi connectivity index (χ2v) is 4.07. The first-order chi connectivity index (χ1) is 8.75. The van der Waals surface area contributed by atoms with E-state index in [1.807, 2.05) is 18.2 Å². The first-order valence-corrected chi connectivity index (χ1v) is 5.78. The summed E-state index contributed by atoms with van der Waals surface area (Å²) in [5.74, 6) is -0.286. The lowest BCUT2D eigenvalue weighted by atomic mass is 10.2. The molecule has 92 valence electrons. The molecule has 2 nitrogen and oxygen atoms in total. The molecule has 0 aliphatic carbocycles. The van der Waals surface area contributed by atoms with Crippen molar-refractivity contribution in [2.75, 3.05) is 0 Å². The van der Waals surface area contributed by atoms with Crippen LogP contribution in [-0.4, -0.2) is 6.21 Å². The van der Waals surface area contributed by atoms with Crippen molar-refractivity contribution >= 4 is 17.8 Å². The minimum Gasteiger partial charge on any atom is -0.391 e. The molecule has 0 saturated heterocycles. The van der Waals surface area contributed by atoms with Gasteiger partial charge < -0.3 is 4.84 Å². The first-order valence-electron chi connectivity index (χ1n) is 5.40. The van der Waals surface area contributed by atoms with E-state index in [4.69, 9.17) is 16.4 Å². The van der Waals surface area contributed by atoms with Gasteiger partial charge in [0.15, 0.2) is 0 Å². The average Bonchev–Trinajstić information content (AvgIpc) is 2.37. The molecule has 0 N–H and O–H groups in total. The number of oxime groups is 1. The summed E-state index contributed by atoms with van der Waals surface area (Å²) in [5.41, 5.74) is 1.50. The van der Waals surface area contributed by atoms with Crippen LogP contribution in [-0.2, 0) is 11.4 Å². The van der Waals surface area contributed by atoms with Gasteiger partial charge in [-0.1, -0.05) is 47.1 Å². The molecule has 0 heterocycles. The number of hydrogen-bond acceptors (Lipinski definition) is 2. The van der Waals surface area contributed by atoms with Crippen molar-refractivity contribution < 1.29 is 9.23 Å². The summed E-state index contributed by atoms with van der Waals surface area (Å²) >= 11 is 5.94. The van der Waals surface area contributed by atoms with Crippen LogP contribution in [0.15, 0.2) is 53.7 Å². The number of nitrogens with zero attached hydrogens (tertiary/aromatic N) is 1. The van der Waals surface area contributed by atoms with E-state index >= 15 is 0 Å². The van der Waals surface area contributed by atoms with Crippen molar-refractivity contribution in [2.45, 2.75) is 6.61 Å². The molecule has 2 aromatic carbocycles. The summed E-state index contributed by atoms with van der Waals surface area (Å²) in [5, 5.41) is 4.40. The Hall–Kier alpha value is -1.87. The van der Waals surface area contributed by atoms with Gasteiger partial charge in [0.2, 0.25) is 0 Å². The van der Waals surface area contributed by atoms with Crippen LogP contribution in [0.3, 0.4) is 0 Å². The van der Waals surface area contributed by atoms with E-state index in [1.165, 1.54) is 18.3 Å². The monoisotopic (exact) mass is 263 g/mol. The highest BCUT2D eigenvalue weighted by atomic mass is 35.5. The maximum absolute atomic E-state index is 12.9. The van der Waals surface area contributed by atoms with E-state index in [-0.39, 0.29) is 12.4 Å². The van der Waals surface area contributed by atoms with Gasteiger partial charge in [-0.25, -0.2) is 4.39 Å². The van der Waals surface area contributed by atoms with Gasteiger partial charge in [0.05, 0.1) is 6.21 Å². The molecule has 0 aliphatic rings. The van der Waals surface area contributed by atoms with Crippen molar-refractivity contribution in [3.05, 3.63) is 70.5 Å². The van der Waals surface area contributed by atoms with Crippen LogP contribution in [0, 0.1) is 5.82 Å². The Bertz CT molecular complexity index is 557. The molecule has 4 heteroatoms. The zero-order chi connectivity index (χ0) is 12.8. The van der Waals surface area contributed by atoms with E-state index in [0.29, 0.717) is 5.02 Å². The van der Waals surface area contributed by atoms with Gasteiger partial charge >= 0.3 is 0 Å². The highest BCUT2D eigenvalue weighted by Gasteiger charge is 1.96. The molecule has 0 saturated carbocycles. The molecule has 0 atom stereocenters. The molecule has 0 amide bonds. The van der Waals surface area contributed by atoms with Crippen LogP contribution in [0.4, 0.5) is 4.39 Å². The predicted octanol–water partition coefficient (Wildman–Crippen LogP) is 4.03. The first kappa shape index (κ1) is 12.6. The van der Waals surface area contributed by atoms with Gasteiger partial charge in [-0.3, -0.25) is 0 Å². The summed E-state index contributed by atoms with van der Waals surface area (Å²) in [4.78, 5) is 5.08. The molecule has 0 bridgehead atoms. The summed E-state index contributed by atoms with van der Waals surface area (Å²) in [6, 6.07) is 13.5. The fourth-order valence-electron chi connectivity index (χ4n) is 1.41. The molecular weight excluding hydrogens is 253 g/mol. The zero-order valence-corrected chi connectivity index (χ0v) is 10.3. The Balaban J connectivity index is 1.91. The highest BCUT2D eigenvalue weighted by molar-refractivity contribution is 6.33. The smallest absolute Gasteiger partial charge is 0.142 e. The maximum atomic E-state index is 12.9. The van der Waals surface area contributed by atoms with Gasteiger partial charge in [-0.2, -0.15) is 0 Å². The maximum Gasteiger partial charge on any atom is 0.142 e. The lowest BCUT2D eigenvalue weighted by Crippen LogP contribution is -1.89. The lowest BCUT2D eigenvalue weighted by molar-refractivity contribution is 0.132. The summed E-state index contributed by atoms with van der Waals surface area (Å²) in [6.45, 7) is 0.221. The Morgan fingerprint density at radius 3 is 2.78 bits per heavy atom. The largest absolute Gasteiger partial charge is 0.391 e. The number of hydrogen-bond donors (Lipinski definition) is 0. The number of halogens is 2. The van der Waals surface area contributed by atoms with Crippen molar-refractivity contribution in [2.24, 2.45) is 5.16 Å². The third kappa shape index (κ3) is 3.57. The normalized spacial score (nSPS) is 10.8. The number of rotatable bonds is 4. The van der Waals surface area contributed by atoms with Crippen molar-refractivity contribution in [1.29, 1.82) is 0 Å². The van der Waals surface area contributed by atoms with Crippen LogP contribution < -0.4 is 0 Å². The van der Waals surface area contributed by atoms with Crippen LogP contribution in [0.1, 0.15) is 11.1 Å². The second kappa shape index (κ2) is 6.17. The highest BCUT2D eigenvalue weighted by Crippen LogP contribution is 2.12. The van der Waals surface area contributed by atoms with Gasteiger partial charge in [-0.05, 0) is 23.8 Å². The lowest BCUT2D eigenvalue weighted by Gasteiger charge is -2.00. The molecule has 2 rings (SSSR count). The minimum atomic E-state index is -0.286. The van der Waals surface area contributed by atoms with Crippen LogP contribution >= 0.6 is 11.6 Å². The Morgan fingerprint density at radius 1 is 1.17 bits per heavy atom. The quantitative estimate of drug-likeness (QED) is 0.603. The molecule has 18 heavy (non-hydrogen) atoms. The molecule has 0 fully saturated rings. The van der Waals surface area contributed by atoms with Crippen molar-refractivity contribution in [3.63, 3.8) is 0 Å². The van der Waals surface area contributed by atoms with Gasteiger partial charge in [-0.15, -0.1) is 0 Å². The molecule has 0 radical (unpaired) electrons. The molecule has 2 aromatic rings. The topological polar surface area (TPSA) is 21.6 Å². The summed E-state index contributed by atoms with van der Waals surface area (Å²) in [7, 11) is 0. The van der Waals surface area contributed by atoms with E-state index in [1.54, 1.807) is 18.2 Å². The average molecular weight is 264 g/mol. The van der Waals surface area contributed by atoms with E-state index in [0.717, 1.165) is 11.1 Å². The third-order valence-corrected chi connectivity index (χ3v) is 2.64.